The molecule has 0 bridgehead atoms. The second-order valence-corrected chi connectivity index (χ2v) is 12.6. The molecule has 40 heavy (non-hydrogen) atoms. The Labute approximate surface area is 244 Å². The third-order valence-corrected chi connectivity index (χ3v) is 8.54. The molecule has 0 unspecified atom stereocenters. The van der Waals surface area contributed by atoms with Gasteiger partial charge in [-0.25, -0.2) is 12.8 Å². The van der Waals surface area contributed by atoms with Crippen LogP contribution in [-0.4, -0.2) is 44.3 Å². The average molecular weight is 609 g/mol. The maximum absolute atomic E-state index is 14.6. The van der Waals surface area contributed by atoms with Gasteiger partial charge in [-0.15, -0.1) is 0 Å². The van der Waals surface area contributed by atoms with E-state index in [1.807, 2.05) is 20.8 Å². The molecule has 0 fully saturated rings. The van der Waals surface area contributed by atoms with E-state index >= 15 is 0 Å². The zero-order valence-electron chi connectivity index (χ0n) is 22.7. The quantitative estimate of drug-likeness (QED) is 0.297. The highest BCUT2D eigenvalue weighted by molar-refractivity contribution is 7.92. The predicted octanol–water partition coefficient (Wildman–Crippen LogP) is 5.83. The van der Waals surface area contributed by atoms with Crippen molar-refractivity contribution in [3.8, 4) is 0 Å². The van der Waals surface area contributed by atoms with Crippen LogP contribution in [0.25, 0.3) is 0 Å². The van der Waals surface area contributed by atoms with Crippen LogP contribution in [0.5, 0.6) is 0 Å². The van der Waals surface area contributed by atoms with Crippen molar-refractivity contribution in [1.29, 1.82) is 0 Å². The van der Waals surface area contributed by atoms with E-state index in [4.69, 9.17) is 23.2 Å². The van der Waals surface area contributed by atoms with Crippen molar-refractivity contribution in [1.82, 2.24) is 10.2 Å². The van der Waals surface area contributed by atoms with Gasteiger partial charge in [0.25, 0.3) is 10.0 Å². The first kappa shape index (κ1) is 31.4. The molecule has 0 heterocycles. The fraction of sp³-hybridized carbons (Fsp3) is 0.310. The van der Waals surface area contributed by atoms with Crippen LogP contribution in [0.1, 0.15) is 31.9 Å². The normalized spacial score (nSPS) is 12.2. The van der Waals surface area contributed by atoms with Crippen molar-refractivity contribution in [3.05, 3.63) is 93.7 Å². The second-order valence-electron chi connectivity index (χ2n) is 9.85. The number of amides is 2. The highest BCUT2D eigenvalue weighted by Gasteiger charge is 2.33. The van der Waals surface area contributed by atoms with Gasteiger partial charge in [0, 0.05) is 23.7 Å². The molecule has 214 valence electrons. The molecule has 1 atom stereocenters. The summed E-state index contributed by atoms with van der Waals surface area (Å²) in [6.45, 7) is 6.58. The molecule has 0 spiro atoms. The fourth-order valence-corrected chi connectivity index (χ4v) is 5.73. The van der Waals surface area contributed by atoms with Crippen LogP contribution in [0.4, 0.5) is 10.1 Å². The minimum Gasteiger partial charge on any atom is -0.354 e. The number of sulfonamides is 1. The lowest BCUT2D eigenvalue weighted by Gasteiger charge is -2.32. The molecule has 3 rings (SSSR count). The lowest BCUT2D eigenvalue weighted by atomic mass is 10.1. The first-order valence-corrected chi connectivity index (χ1v) is 14.9. The Balaban J connectivity index is 2.07. The summed E-state index contributed by atoms with van der Waals surface area (Å²) in [6, 6.07) is 15.3. The van der Waals surface area contributed by atoms with Gasteiger partial charge in [0.2, 0.25) is 11.8 Å². The summed E-state index contributed by atoms with van der Waals surface area (Å²) in [5.41, 5.74) is 1.01. The van der Waals surface area contributed by atoms with Gasteiger partial charge in [0.05, 0.1) is 15.6 Å². The first-order chi connectivity index (χ1) is 18.8. The van der Waals surface area contributed by atoms with E-state index in [0.717, 1.165) is 14.8 Å². The Kier molecular flexibility index (Phi) is 10.6. The number of benzene rings is 3. The molecular weight excluding hydrogens is 576 g/mol. The van der Waals surface area contributed by atoms with E-state index in [1.165, 1.54) is 55.5 Å². The molecule has 0 aliphatic rings. The lowest BCUT2D eigenvalue weighted by molar-refractivity contribution is -0.139. The van der Waals surface area contributed by atoms with Crippen LogP contribution in [0, 0.1) is 18.7 Å². The highest BCUT2D eigenvalue weighted by Crippen LogP contribution is 2.33. The molecule has 3 aromatic carbocycles. The predicted molar refractivity (Wildman–Crippen MR) is 156 cm³/mol. The summed E-state index contributed by atoms with van der Waals surface area (Å²) >= 11 is 12.6. The van der Waals surface area contributed by atoms with Crippen molar-refractivity contribution in [2.75, 3.05) is 17.4 Å². The van der Waals surface area contributed by atoms with Crippen LogP contribution < -0.4 is 9.62 Å². The van der Waals surface area contributed by atoms with Crippen LogP contribution >= 0.6 is 23.2 Å². The SMILES string of the molecule is Cc1ccc(S(=O)(=O)N(CC(=O)N(Cc2ccccc2F)[C@H](C)C(=O)NCC(C)C)c2cc(Cl)ccc2Cl)cc1. The molecule has 2 amide bonds. The van der Waals surface area contributed by atoms with E-state index in [2.05, 4.69) is 5.32 Å². The third-order valence-electron chi connectivity index (χ3n) is 6.22. The van der Waals surface area contributed by atoms with Gasteiger partial charge in [0.15, 0.2) is 0 Å². The van der Waals surface area contributed by atoms with E-state index in [1.54, 1.807) is 18.2 Å². The zero-order chi connectivity index (χ0) is 29.6. The minimum absolute atomic E-state index is 0.00848. The largest absolute Gasteiger partial charge is 0.354 e. The van der Waals surface area contributed by atoms with Crippen molar-refractivity contribution in [2.45, 2.75) is 45.2 Å². The van der Waals surface area contributed by atoms with Crippen LogP contribution in [0.3, 0.4) is 0 Å². The number of nitrogens with zero attached hydrogens (tertiary/aromatic N) is 2. The summed E-state index contributed by atoms with van der Waals surface area (Å²) in [4.78, 5) is 28.0. The van der Waals surface area contributed by atoms with Gasteiger partial charge in [-0.1, -0.05) is 72.9 Å². The minimum atomic E-state index is -4.32. The molecule has 0 saturated carbocycles. The number of carbonyl (C=O) groups is 2. The van der Waals surface area contributed by atoms with E-state index in [0.29, 0.717) is 6.54 Å². The van der Waals surface area contributed by atoms with Gasteiger partial charge in [0.1, 0.15) is 18.4 Å². The summed E-state index contributed by atoms with van der Waals surface area (Å²) < 4.78 is 43.2. The number of rotatable bonds is 11. The smallest absolute Gasteiger partial charge is 0.264 e. The van der Waals surface area contributed by atoms with Gasteiger partial charge in [-0.05, 0) is 56.2 Å². The number of anilines is 1. The second kappa shape index (κ2) is 13.5. The van der Waals surface area contributed by atoms with Crippen molar-refractivity contribution in [2.24, 2.45) is 5.92 Å². The Morgan fingerprint density at radius 2 is 1.62 bits per heavy atom. The number of halogens is 3. The first-order valence-electron chi connectivity index (χ1n) is 12.7. The van der Waals surface area contributed by atoms with E-state index < -0.39 is 40.2 Å². The Morgan fingerprint density at radius 3 is 2.25 bits per heavy atom. The maximum atomic E-state index is 14.6. The van der Waals surface area contributed by atoms with E-state index in [-0.39, 0.29) is 38.7 Å². The topological polar surface area (TPSA) is 86.8 Å². The van der Waals surface area contributed by atoms with Crippen molar-refractivity contribution >= 4 is 50.7 Å². The van der Waals surface area contributed by atoms with Crippen LogP contribution in [0.15, 0.2) is 71.6 Å². The third kappa shape index (κ3) is 7.74. The number of aryl methyl sites for hydroxylation is 1. The van der Waals surface area contributed by atoms with Crippen LogP contribution in [-0.2, 0) is 26.2 Å². The monoisotopic (exact) mass is 607 g/mol. The molecule has 0 radical (unpaired) electrons. The molecule has 0 aliphatic heterocycles. The Morgan fingerprint density at radius 1 is 0.975 bits per heavy atom. The standard InChI is InChI=1S/C29H32Cl2FN3O4S/c1-19(2)16-33-29(37)21(4)34(17-22-7-5-6-8-26(22)32)28(36)18-35(27-15-23(30)11-14-25(27)31)40(38,39)24-12-9-20(3)10-13-24/h5-15,19,21H,16-18H2,1-4H3,(H,33,37)/t21-/m1/s1. The molecule has 0 saturated heterocycles. The molecule has 11 heteroatoms. The van der Waals surface area contributed by atoms with E-state index in [9.17, 15) is 22.4 Å². The molecule has 1 N–H and O–H groups in total. The number of hydrogen-bond acceptors (Lipinski definition) is 4. The number of nitrogens with one attached hydrogen (secondary N) is 1. The number of carbonyl (C=O) groups excluding carboxylic acids is 2. The van der Waals surface area contributed by atoms with Gasteiger partial charge in [-0.2, -0.15) is 0 Å². The van der Waals surface area contributed by atoms with Crippen LogP contribution in [0.2, 0.25) is 10.0 Å². The Bertz CT molecular complexity index is 1470. The zero-order valence-corrected chi connectivity index (χ0v) is 25.0. The summed E-state index contributed by atoms with van der Waals surface area (Å²) in [5.74, 6) is -1.58. The molecule has 7 nitrogen and oxygen atoms in total. The van der Waals surface area contributed by atoms with Crippen molar-refractivity contribution < 1.29 is 22.4 Å². The molecule has 0 aromatic heterocycles. The number of hydrogen-bond donors (Lipinski definition) is 1. The Hall–Kier alpha value is -3.14. The summed E-state index contributed by atoms with van der Waals surface area (Å²) in [7, 11) is -4.32. The fourth-order valence-electron chi connectivity index (χ4n) is 3.87. The molecule has 0 aliphatic carbocycles. The van der Waals surface area contributed by atoms with Crippen molar-refractivity contribution in [3.63, 3.8) is 0 Å². The molecular formula is C29H32Cl2FN3O4S. The lowest BCUT2D eigenvalue weighted by Crippen LogP contribution is -2.51. The van der Waals surface area contributed by atoms with Gasteiger partial charge < -0.3 is 10.2 Å². The average Bonchev–Trinajstić information content (AvgIpc) is 2.91. The van der Waals surface area contributed by atoms with Gasteiger partial charge >= 0.3 is 0 Å². The van der Waals surface area contributed by atoms with Gasteiger partial charge in [-0.3, -0.25) is 13.9 Å². The molecule has 3 aromatic rings. The summed E-state index contributed by atoms with van der Waals surface area (Å²) in [5, 5.41) is 3.04. The highest BCUT2D eigenvalue weighted by atomic mass is 35.5. The maximum Gasteiger partial charge on any atom is 0.264 e. The summed E-state index contributed by atoms with van der Waals surface area (Å²) in [6.07, 6.45) is 0.